The standard InChI is InChI=1S/C13H16BrN3O3S/c1-9-4-3-5-10(17-9)7-16-21(18,19)12-6-11(8-15-2)20-13(12)14/h3-6,15-16H,7-8H2,1-2H3. The maximum atomic E-state index is 12.3. The lowest BCUT2D eigenvalue weighted by atomic mass is 10.3. The number of furan rings is 1. The Kier molecular flexibility index (Phi) is 5.15. The molecule has 114 valence electrons. The van der Waals surface area contributed by atoms with Gasteiger partial charge >= 0.3 is 0 Å². The number of hydrogen-bond donors (Lipinski definition) is 2. The van der Waals surface area contributed by atoms with E-state index < -0.39 is 10.0 Å². The average Bonchev–Trinajstić information content (AvgIpc) is 2.79. The van der Waals surface area contributed by atoms with E-state index in [1.165, 1.54) is 6.07 Å². The first kappa shape index (κ1) is 16.2. The maximum absolute atomic E-state index is 12.3. The van der Waals surface area contributed by atoms with Crippen LogP contribution in [0, 0.1) is 6.92 Å². The molecule has 0 aliphatic heterocycles. The normalized spacial score (nSPS) is 11.8. The van der Waals surface area contributed by atoms with Crippen molar-refractivity contribution in [3.05, 3.63) is 46.1 Å². The van der Waals surface area contributed by atoms with E-state index in [2.05, 4.69) is 31.0 Å². The molecule has 0 saturated heterocycles. The van der Waals surface area contributed by atoms with Crippen molar-refractivity contribution in [1.82, 2.24) is 15.0 Å². The zero-order valence-electron chi connectivity index (χ0n) is 11.7. The summed E-state index contributed by atoms with van der Waals surface area (Å²) >= 11 is 3.13. The van der Waals surface area contributed by atoms with E-state index in [1.807, 2.05) is 19.1 Å². The molecule has 0 unspecified atom stereocenters. The third-order valence-corrected chi connectivity index (χ3v) is 4.99. The molecule has 2 N–H and O–H groups in total. The summed E-state index contributed by atoms with van der Waals surface area (Å²) in [4.78, 5) is 4.34. The summed E-state index contributed by atoms with van der Waals surface area (Å²) in [6.07, 6.45) is 0. The highest BCUT2D eigenvalue weighted by Gasteiger charge is 2.22. The third kappa shape index (κ3) is 4.13. The number of halogens is 1. The van der Waals surface area contributed by atoms with Crippen molar-refractivity contribution in [2.24, 2.45) is 0 Å². The molecule has 0 amide bonds. The fourth-order valence-corrected chi connectivity index (χ4v) is 3.78. The van der Waals surface area contributed by atoms with Crippen molar-refractivity contribution in [2.45, 2.75) is 24.9 Å². The fraction of sp³-hybridized carbons (Fsp3) is 0.308. The first-order valence-corrected chi connectivity index (χ1v) is 8.55. The number of hydrogen-bond acceptors (Lipinski definition) is 5. The quantitative estimate of drug-likeness (QED) is 0.808. The van der Waals surface area contributed by atoms with Crippen LogP contribution < -0.4 is 10.0 Å². The molecule has 2 aromatic rings. The highest BCUT2D eigenvalue weighted by molar-refractivity contribution is 9.10. The molecule has 2 heterocycles. The molecule has 0 bridgehead atoms. The SMILES string of the molecule is CNCc1cc(S(=O)(=O)NCc2cccc(C)n2)c(Br)o1. The van der Waals surface area contributed by atoms with Gasteiger partial charge in [-0.1, -0.05) is 6.07 Å². The van der Waals surface area contributed by atoms with E-state index in [0.717, 1.165) is 5.69 Å². The predicted octanol–water partition coefficient (Wildman–Crippen LogP) is 1.94. The van der Waals surface area contributed by atoms with Gasteiger partial charge in [-0.2, -0.15) is 0 Å². The molecular weight excluding hydrogens is 358 g/mol. The Morgan fingerprint density at radius 1 is 1.33 bits per heavy atom. The smallest absolute Gasteiger partial charge is 0.245 e. The summed E-state index contributed by atoms with van der Waals surface area (Å²) in [5.74, 6) is 0.540. The van der Waals surface area contributed by atoms with E-state index in [1.54, 1.807) is 13.1 Å². The van der Waals surface area contributed by atoms with Crippen molar-refractivity contribution in [3.63, 3.8) is 0 Å². The highest BCUT2D eigenvalue weighted by atomic mass is 79.9. The minimum atomic E-state index is -3.66. The molecule has 6 nitrogen and oxygen atoms in total. The van der Waals surface area contributed by atoms with Crippen LogP contribution in [0.15, 0.2) is 38.2 Å². The number of nitrogens with one attached hydrogen (secondary N) is 2. The zero-order valence-corrected chi connectivity index (χ0v) is 14.1. The van der Waals surface area contributed by atoms with Crippen LogP contribution in [0.1, 0.15) is 17.1 Å². The van der Waals surface area contributed by atoms with E-state index in [4.69, 9.17) is 4.42 Å². The van der Waals surface area contributed by atoms with E-state index >= 15 is 0 Å². The Balaban J connectivity index is 2.15. The van der Waals surface area contributed by atoms with Crippen LogP contribution in [0.5, 0.6) is 0 Å². The Morgan fingerprint density at radius 3 is 2.76 bits per heavy atom. The van der Waals surface area contributed by atoms with Gasteiger partial charge in [0.1, 0.15) is 10.7 Å². The summed E-state index contributed by atoms with van der Waals surface area (Å²) in [6.45, 7) is 2.44. The molecule has 0 fully saturated rings. The van der Waals surface area contributed by atoms with Crippen molar-refractivity contribution in [1.29, 1.82) is 0 Å². The fourth-order valence-electron chi connectivity index (χ4n) is 1.79. The van der Waals surface area contributed by atoms with Gasteiger partial charge in [0.15, 0.2) is 4.67 Å². The summed E-state index contributed by atoms with van der Waals surface area (Å²) in [6, 6.07) is 6.96. The van der Waals surface area contributed by atoms with Gasteiger partial charge in [-0.15, -0.1) is 0 Å². The van der Waals surface area contributed by atoms with Crippen LogP contribution in [0.25, 0.3) is 0 Å². The molecule has 2 aromatic heterocycles. The van der Waals surface area contributed by atoms with Crippen LogP contribution in [-0.4, -0.2) is 20.4 Å². The number of aromatic nitrogens is 1. The minimum Gasteiger partial charge on any atom is -0.452 e. The van der Waals surface area contributed by atoms with Crippen LogP contribution in [0.3, 0.4) is 0 Å². The van der Waals surface area contributed by atoms with Crippen LogP contribution in [0.2, 0.25) is 0 Å². The summed E-state index contributed by atoms with van der Waals surface area (Å²) in [5.41, 5.74) is 1.50. The zero-order chi connectivity index (χ0) is 15.5. The molecule has 0 spiro atoms. The van der Waals surface area contributed by atoms with Gasteiger partial charge in [-0.25, -0.2) is 13.1 Å². The first-order chi connectivity index (χ1) is 9.92. The number of rotatable bonds is 6. The summed E-state index contributed by atoms with van der Waals surface area (Å²) < 4.78 is 32.6. The third-order valence-electron chi connectivity index (χ3n) is 2.74. The molecule has 0 aromatic carbocycles. The van der Waals surface area contributed by atoms with Crippen molar-refractivity contribution >= 4 is 26.0 Å². The van der Waals surface area contributed by atoms with Gasteiger partial charge in [-0.3, -0.25) is 4.98 Å². The Morgan fingerprint density at radius 2 is 2.10 bits per heavy atom. The Labute approximate surface area is 132 Å². The van der Waals surface area contributed by atoms with Gasteiger partial charge < -0.3 is 9.73 Å². The highest BCUT2D eigenvalue weighted by Crippen LogP contribution is 2.26. The lowest BCUT2D eigenvalue weighted by Crippen LogP contribution is -2.23. The van der Waals surface area contributed by atoms with E-state index in [9.17, 15) is 8.42 Å². The first-order valence-electron chi connectivity index (χ1n) is 6.27. The van der Waals surface area contributed by atoms with Crippen molar-refractivity contribution < 1.29 is 12.8 Å². The Hall–Kier alpha value is -1.22. The Bertz CT molecular complexity index is 728. The molecular formula is C13H16BrN3O3S. The molecule has 0 saturated carbocycles. The van der Waals surface area contributed by atoms with Crippen molar-refractivity contribution in [2.75, 3.05) is 7.05 Å². The molecule has 0 aliphatic rings. The molecule has 0 atom stereocenters. The molecule has 0 radical (unpaired) electrons. The van der Waals surface area contributed by atoms with Crippen LogP contribution in [0.4, 0.5) is 0 Å². The van der Waals surface area contributed by atoms with Gasteiger partial charge in [0.2, 0.25) is 10.0 Å². The number of pyridine rings is 1. The molecule has 8 heteroatoms. The molecule has 21 heavy (non-hydrogen) atoms. The second-order valence-electron chi connectivity index (χ2n) is 4.48. The maximum Gasteiger partial charge on any atom is 0.245 e. The van der Waals surface area contributed by atoms with Crippen LogP contribution >= 0.6 is 15.9 Å². The predicted molar refractivity (Wildman–Crippen MR) is 82.2 cm³/mol. The lowest BCUT2D eigenvalue weighted by Gasteiger charge is -2.05. The minimum absolute atomic E-state index is 0.0837. The molecule has 0 aliphatic carbocycles. The van der Waals surface area contributed by atoms with Gasteiger partial charge in [0.25, 0.3) is 0 Å². The topological polar surface area (TPSA) is 84.2 Å². The lowest BCUT2D eigenvalue weighted by molar-refractivity contribution is 0.470. The van der Waals surface area contributed by atoms with Gasteiger partial charge in [-0.05, 0) is 42.0 Å². The number of aryl methyl sites for hydroxylation is 1. The largest absolute Gasteiger partial charge is 0.452 e. The van der Waals surface area contributed by atoms with Gasteiger partial charge in [0.05, 0.1) is 18.8 Å². The van der Waals surface area contributed by atoms with E-state index in [0.29, 0.717) is 18.0 Å². The number of nitrogens with zero attached hydrogens (tertiary/aromatic N) is 1. The number of sulfonamides is 1. The summed E-state index contributed by atoms with van der Waals surface area (Å²) in [7, 11) is -1.90. The second-order valence-corrected chi connectivity index (χ2v) is 6.93. The van der Waals surface area contributed by atoms with Crippen LogP contribution in [-0.2, 0) is 23.1 Å². The van der Waals surface area contributed by atoms with E-state index in [-0.39, 0.29) is 16.1 Å². The summed E-state index contributed by atoms with van der Waals surface area (Å²) in [5, 5.41) is 2.90. The van der Waals surface area contributed by atoms with Gasteiger partial charge in [0, 0.05) is 11.8 Å². The van der Waals surface area contributed by atoms with Crippen molar-refractivity contribution in [3.8, 4) is 0 Å². The second kappa shape index (κ2) is 6.69. The average molecular weight is 374 g/mol. The monoisotopic (exact) mass is 373 g/mol. The molecule has 2 rings (SSSR count).